The maximum atomic E-state index is 13.8. The number of thiazole rings is 1. The molecule has 0 bridgehead atoms. The molecule has 1 aliphatic rings. The zero-order chi connectivity index (χ0) is 25.9. The van der Waals surface area contributed by atoms with Gasteiger partial charge in [0.1, 0.15) is 0 Å². The highest BCUT2D eigenvalue weighted by atomic mass is 32.1. The van der Waals surface area contributed by atoms with Gasteiger partial charge in [-0.3, -0.25) is 14.1 Å². The summed E-state index contributed by atoms with van der Waals surface area (Å²) in [4.78, 5) is 24.0. The van der Waals surface area contributed by atoms with Gasteiger partial charge in [0.2, 0.25) is 0 Å². The summed E-state index contributed by atoms with van der Waals surface area (Å²) in [6, 6.07) is 22.7. The van der Waals surface area contributed by atoms with Crippen molar-refractivity contribution in [2.24, 2.45) is 0 Å². The Hall–Kier alpha value is -3.52. The number of carbonyl (C=O) groups excluding carboxylic acids is 1. The Labute approximate surface area is 227 Å². The number of ether oxygens (including phenoxy) is 1. The van der Waals surface area contributed by atoms with Crippen molar-refractivity contribution >= 4 is 33.0 Å². The van der Waals surface area contributed by atoms with Gasteiger partial charge in [0, 0.05) is 67.5 Å². The second kappa shape index (κ2) is 11.1. The molecule has 38 heavy (non-hydrogen) atoms. The van der Waals surface area contributed by atoms with E-state index in [1.165, 1.54) is 11.3 Å². The molecule has 3 heterocycles. The van der Waals surface area contributed by atoms with Gasteiger partial charge in [0.15, 0.2) is 4.96 Å². The molecule has 0 radical (unpaired) electrons. The van der Waals surface area contributed by atoms with Gasteiger partial charge < -0.3 is 9.64 Å². The van der Waals surface area contributed by atoms with Crippen LogP contribution in [0.25, 0.3) is 27.0 Å². The third kappa shape index (κ3) is 5.36. The largest absolute Gasteiger partial charge is 0.379 e. The number of imidazole rings is 1. The van der Waals surface area contributed by atoms with Crippen LogP contribution < -0.4 is 0 Å². The van der Waals surface area contributed by atoms with E-state index in [2.05, 4.69) is 64.2 Å². The summed E-state index contributed by atoms with van der Waals surface area (Å²) >= 11 is 1.65. The number of carbonyl (C=O) groups is 1. The normalized spacial score (nSPS) is 14.3. The third-order valence-corrected chi connectivity index (χ3v) is 8.23. The van der Waals surface area contributed by atoms with Crippen LogP contribution in [0.3, 0.4) is 0 Å². The molecule has 6 nitrogen and oxygen atoms in total. The number of rotatable bonds is 8. The van der Waals surface area contributed by atoms with Crippen LogP contribution in [0, 0.1) is 6.92 Å². The minimum atomic E-state index is 0.0847. The van der Waals surface area contributed by atoms with Gasteiger partial charge in [0.25, 0.3) is 5.91 Å². The molecule has 194 valence electrons. The van der Waals surface area contributed by atoms with E-state index in [-0.39, 0.29) is 5.91 Å². The molecule has 2 aromatic heterocycles. The van der Waals surface area contributed by atoms with E-state index in [4.69, 9.17) is 9.72 Å². The molecule has 1 amide bonds. The van der Waals surface area contributed by atoms with E-state index in [0.717, 1.165) is 71.8 Å². The number of morpholine rings is 1. The standard InChI is InChI=1S/C31H32N4O2S/c1-23-6-8-25(9-7-23)29-21-35-28(22-38-31(35)32-29)12-13-34(15-14-33-16-18-37-19-17-33)30(36)27-11-10-24-4-2-3-5-26(24)20-27/h2-11,20-22H,12-19H2,1H3. The first-order valence-electron chi connectivity index (χ1n) is 13.2. The number of aromatic nitrogens is 2. The fourth-order valence-electron chi connectivity index (χ4n) is 5.03. The lowest BCUT2D eigenvalue weighted by Crippen LogP contribution is -2.43. The maximum Gasteiger partial charge on any atom is 0.253 e. The Morgan fingerprint density at radius 3 is 2.61 bits per heavy atom. The van der Waals surface area contributed by atoms with Crippen molar-refractivity contribution in [1.29, 1.82) is 0 Å². The van der Waals surface area contributed by atoms with E-state index < -0.39 is 0 Å². The van der Waals surface area contributed by atoms with Crippen molar-refractivity contribution in [3.8, 4) is 11.3 Å². The molecule has 3 aromatic carbocycles. The highest BCUT2D eigenvalue weighted by molar-refractivity contribution is 7.15. The Bertz CT molecular complexity index is 1550. The van der Waals surface area contributed by atoms with E-state index in [9.17, 15) is 4.79 Å². The Balaban J connectivity index is 1.22. The molecule has 0 saturated carbocycles. The summed E-state index contributed by atoms with van der Waals surface area (Å²) < 4.78 is 7.69. The minimum Gasteiger partial charge on any atom is -0.379 e. The predicted molar refractivity (Wildman–Crippen MR) is 154 cm³/mol. The topological polar surface area (TPSA) is 50.1 Å². The van der Waals surface area contributed by atoms with Crippen LogP contribution >= 0.6 is 11.3 Å². The molecule has 5 aromatic rings. The first-order valence-corrected chi connectivity index (χ1v) is 14.1. The lowest BCUT2D eigenvalue weighted by Gasteiger charge is -2.30. The van der Waals surface area contributed by atoms with Crippen LogP contribution in [0.2, 0.25) is 0 Å². The predicted octanol–water partition coefficient (Wildman–Crippen LogP) is 5.54. The molecule has 6 rings (SSSR count). The zero-order valence-corrected chi connectivity index (χ0v) is 22.5. The van der Waals surface area contributed by atoms with Crippen LogP contribution in [-0.4, -0.2) is 71.0 Å². The zero-order valence-electron chi connectivity index (χ0n) is 21.7. The van der Waals surface area contributed by atoms with Crippen molar-refractivity contribution in [2.45, 2.75) is 13.3 Å². The molecule has 0 N–H and O–H groups in total. The van der Waals surface area contributed by atoms with Crippen molar-refractivity contribution in [3.63, 3.8) is 0 Å². The van der Waals surface area contributed by atoms with E-state index in [1.807, 2.05) is 35.2 Å². The molecule has 0 aliphatic carbocycles. The molecule has 0 spiro atoms. The van der Waals surface area contributed by atoms with Crippen molar-refractivity contribution in [2.75, 3.05) is 45.9 Å². The third-order valence-electron chi connectivity index (χ3n) is 7.34. The SMILES string of the molecule is Cc1ccc(-c2cn3c(CCN(CCN4CCOCC4)C(=O)c4ccc5ccccc5c4)csc3n2)cc1. The fraction of sp³-hybridized carbons (Fsp3) is 0.290. The molecule has 0 unspecified atom stereocenters. The molecule has 0 atom stereocenters. The number of hydrogen-bond donors (Lipinski definition) is 0. The number of aryl methyl sites for hydroxylation is 1. The van der Waals surface area contributed by atoms with Gasteiger partial charge in [-0.2, -0.15) is 0 Å². The lowest BCUT2D eigenvalue weighted by molar-refractivity contribution is 0.0325. The number of amides is 1. The molecule has 1 aliphatic heterocycles. The highest BCUT2D eigenvalue weighted by Gasteiger charge is 2.20. The Kier molecular flexibility index (Phi) is 7.22. The van der Waals surface area contributed by atoms with E-state index >= 15 is 0 Å². The van der Waals surface area contributed by atoms with Crippen molar-refractivity contribution in [3.05, 3.63) is 95.1 Å². The molecule has 7 heteroatoms. The summed E-state index contributed by atoms with van der Waals surface area (Å²) in [5.74, 6) is 0.0847. The minimum absolute atomic E-state index is 0.0847. The maximum absolute atomic E-state index is 13.8. The summed E-state index contributed by atoms with van der Waals surface area (Å²) in [5.41, 5.74) is 5.26. The fourth-order valence-corrected chi connectivity index (χ4v) is 5.94. The summed E-state index contributed by atoms with van der Waals surface area (Å²) in [6.07, 6.45) is 2.89. The molecule has 1 saturated heterocycles. The first kappa shape index (κ1) is 24.8. The monoisotopic (exact) mass is 524 g/mol. The quantitative estimate of drug-likeness (QED) is 0.267. The van der Waals surface area contributed by atoms with Gasteiger partial charge in [0.05, 0.1) is 18.9 Å². The number of fused-ring (bicyclic) bond motifs is 2. The first-order chi connectivity index (χ1) is 18.6. The second-order valence-electron chi connectivity index (χ2n) is 9.93. The Morgan fingerprint density at radius 1 is 1.00 bits per heavy atom. The Morgan fingerprint density at radius 2 is 1.79 bits per heavy atom. The summed E-state index contributed by atoms with van der Waals surface area (Å²) in [6.45, 7) is 7.64. The van der Waals surface area contributed by atoms with Gasteiger partial charge in [-0.15, -0.1) is 11.3 Å². The van der Waals surface area contributed by atoms with Crippen LogP contribution in [0.15, 0.2) is 78.3 Å². The van der Waals surface area contributed by atoms with Crippen LogP contribution in [0.1, 0.15) is 21.6 Å². The average molecular weight is 525 g/mol. The van der Waals surface area contributed by atoms with Crippen molar-refractivity contribution < 1.29 is 9.53 Å². The number of benzene rings is 3. The number of nitrogens with zero attached hydrogens (tertiary/aromatic N) is 4. The van der Waals surface area contributed by atoms with Crippen LogP contribution in [-0.2, 0) is 11.2 Å². The lowest BCUT2D eigenvalue weighted by atomic mass is 10.1. The van der Waals surface area contributed by atoms with Crippen molar-refractivity contribution in [1.82, 2.24) is 19.2 Å². The van der Waals surface area contributed by atoms with Gasteiger partial charge in [-0.1, -0.05) is 60.2 Å². The van der Waals surface area contributed by atoms with Gasteiger partial charge in [-0.25, -0.2) is 4.98 Å². The number of hydrogen-bond acceptors (Lipinski definition) is 5. The van der Waals surface area contributed by atoms with Crippen LogP contribution in [0.4, 0.5) is 0 Å². The molecule has 1 fully saturated rings. The van der Waals surface area contributed by atoms with Gasteiger partial charge >= 0.3 is 0 Å². The van der Waals surface area contributed by atoms with Crippen LogP contribution in [0.5, 0.6) is 0 Å². The molecular formula is C31H32N4O2S. The second-order valence-corrected chi connectivity index (χ2v) is 10.8. The molecular weight excluding hydrogens is 492 g/mol. The van der Waals surface area contributed by atoms with Gasteiger partial charge in [-0.05, 0) is 29.8 Å². The van der Waals surface area contributed by atoms with E-state index in [1.54, 1.807) is 11.3 Å². The average Bonchev–Trinajstić information content (AvgIpc) is 3.55. The van der Waals surface area contributed by atoms with E-state index in [0.29, 0.717) is 13.1 Å². The summed E-state index contributed by atoms with van der Waals surface area (Å²) in [7, 11) is 0. The highest BCUT2D eigenvalue weighted by Crippen LogP contribution is 2.25. The smallest absolute Gasteiger partial charge is 0.253 e. The summed E-state index contributed by atoms with van der Waals surface area (Å²) in [5, 5.41) is 4.41.